The van der Waals surface area contributed by atoms with Gasteiger partial charge >= 0.3 is 5.97 Å². The number of carbonyl (C=O) groups is 1. The smallest absolute Gasteiger partial charge is 0.343 e. The lowest BCUT2D eigenvalue weighted by Gasteiger charge is -2.31. The van der Waals surface area contributed by atoms with Crippen molar-refractivity contribution < 1.29 is 19.7 Å². The number of phenols is 1. The number of cyclic esters (lactones) is 1. The molecule has 4 aliphatic rings. The number of rotatable bonds is 6. The molecule has 41 heavy (non-hydrogen) atoms. The van der Waals surface area contributed by atoms with E-state index in [1.807, 2.05) is 6.07 Å². The summed E-state index contributed by atoms with van der Waals surface area (Å²) in [6.45, 7) is 9.50. The lowest BCUT2D eigenvalue weighted by Crippen LogP contribution is -2.44. The first-order valence-electron chi connectivity index (χ1n) is 15.1. The molecule has 4 aliphatic heterocycles. The van der Waals surface area contributed by atoms with E-state index in [9.17, 15) is 19.8 Å². The van der Waals surface area contributed by atoms with Gasteiger partial charge in [0.25, 0.3) is 5.56 Å². The second-order valence-electron chi connectivity index (χ2n) is 12.1. The number of hydrogen-bond acceptors (Lipinski definition) is 8. The Morgan fingerprint density at radius 3 is 2.29 bits per heavy atom. The van der Waals surface area contributed by atoms with Crippen molar-refractivity contribution in [2.45, 2.75) is 84.2 Å². The molecule has 2 fully saturated rings. The Bertz CT molecular complexity index is 1630. The number of aromatic nitrogens is 2. The van der Waals surface area contributed by atoms with Crippen LogP contribution in [0.2, 0.25) is 0 Å². The van der Waals surface area contributed by atoms with E-state index in [2.05, 4.69) is 16.7 Å². The molecule has 1 atom stereocenters. The van der Waals surface area contributed by atoms with E-state index in [1.54, 1.807) is 17.6 Å². The highest BCUT2D eigenvalue weighted by Crippen LogP contribution is 2.43. The maximum absolute atomic E-state index is 13.8. The normalized spacial score (nSPS) is 22.3. The van der Waals surface area contributed by atoms with Gasteiger partial charge < -0.3 is 19.5 Å². The van der Waals surface area contributed by atoms with Crippen molar-refractivity contribution in [2.75, 3.05) is 26.2 Å². The highest BCUT2D eigenvalue weighted by molar-refractivity contribution is 5.93. The molecular weight excluding hydrogens is 520 g/mol. The fourth-order valence-electron chi connectivity index (χ4n) is 7.48. The highest BCUT2D eigenvalue weighted by atomic mass is 16.6. The van der Waals surface area contributed by atoms with E-state index in [0.717, 1.165) is 71.5 Å². The summed E-state index contributed by atoms with van der Waals surface area (Å²) >= 11 is 0. The minimum atomic E-state index is -1.85. The maximum atomic E-state index is 13.8. The first-order valence-corrected chi connectivity index (χ1v) is 15.1. The van der Waals surface area contributed by atoms with Gasteiger partial charge in [0, 0.05) is 40.7 Å². The Morgan fingerprint density at radius 2 is 1.63 bits per heavy atom. The molecule has 2 N–H and O–H groups in total. The largest absolute Gasteiger partial charge is 0.507 e. The van der Waals surface area contributed by atoms with E-state index in [4.69, 9.17) is 9.72 Å². The van der Waals surface area contributed by atoms with Crippen LogP contribution in [-0.2, 0) is 47.8 Å². The van der Waals surface area contributed by atoms with Crippen molar-refractivity contribution in [3.8, 4) is 17.1 Å². The molecule has 9 heteroatoms. The zero-order chi connectivity index (χ0) is 28.5. The average molecular weight is 559 g/mol. The third-order valence-corrected chi connectivity index (χ3v) is 9.77. The van der Waals surface area contributed by atoms with Crippen LogP contribution in [0.1, 0.15) is 79.3 Å². The minimum Gasteiger partial charge on any atom is -0.507 e. The lowest BCUT2D eigenvalue weighted by atomic mass is 9.86. The van der Waals surface area contributed by atoms with Gasteiger partial charge in [0.05, 0.1) is 29.0 Å². The number of benzene rings is 1. The van der Waals surface area contributed by atoms with Crippen LogP contribution in [-0.4, -0.2) is 61.7 Å². The maximum Gasteiger partial charge on any atom is 0.343 e. The number of pyridine rings is 2. The predicted molar refractivity (Wildman–Crippen MR) is 155 cm³/mol. The number of ether oxygens (including phenoxy) is 1. The van der Waals surface area contributed by atoms with Gasteiger partial charge in [-0.2, -0.15) is 0 Å². The number of aryl methyl sites for hydroxylation is 1. The lowest BCUT2D eigenvalue weighted by molar-refractivity contribution is -0.172. The molecule has 1 aromatic carbocycles. The van der Waals surface area contributed by atoms with Crippen molar-refractivity contribution in [1.29, 1.82) is 0 Å². The van der Waals surface area contributed by atoms with Crippen LogP contribution in [0.4, 0.5) is 0 Å². The van der Waals surface area contributed by atoms with Gasteiger partial charge in [-0.25, -0.2) is 9.78 Å². The number of likely N-dealkylation sites (tertiary alicyclic amines) is 2. The number of carbonyl (C=O) groups excluding carboxylic acids is 1. The van der Waals surface area contributed by atoms with E-state index < -0.39 is 11.6 Å². The van der Waals surface area contributed by atoms with Crippen LogP contribution in [0.25, 0.3) is 22.3 Å². The summed E-state index contributed by atoms with van der Waals surface area (Å²) in [5.74, 6) is -0.344. The summed E-state index contributed by atoms with van der Waals surface area (Å²) in [6.07, 6.45) is 5.52. The van der Waals surface area contributed by atoms with E-state index in [1.165, 1.54) is 25.7 Å². The zero-order valence-electron chi connectivity index (χ0n) is 24.0. The molecule has 2 aromatic heterocycles. The number of phenolic OH excluding ortho intramolecular Hbond substituents is 1. The number of esters is 1. The van der Waals surface area contributed by atoms with Crippen LogP contribution in [0.15, 0.2) is 16.9 Å². The first-order chi connectivity index (χ1) is 19.8. The van der Waals surface area contributed by atoms with E-state index in [0.29, 0.717) is 42.2 Å². The first kappa shape index (κ1) is 26.6. The summed E-state index contributed by atoms with van der Waals surface area (Å²) in [5.41, 5.74) is 4.62. The molecule has 6 heterocycles. The summed E-state index contributed by atoms with van der Waals surface area (Å²) in [4.78, 5) is 36.4. The van der Waals surface area contributed by atoms with Crippen LogP contribution >= 0.6 is 0 Å². The van der Waals surface area contributed by atoms with Crippen LogP contribution in [0.5, 0.6) is 5.75 Å². The molecule has 7 rings (SSSR count). The number of nitrogens with zero attached hydrogens (tertiary/aromatic N) is 4. The second-order valence-corrected chi connectivity index (χ2v) is 12.1. The Hall–Kier alpha value is -3.27. The number of fused-ring (bicyclic) bond motifs is 5. The summed E-state index contributed by atoms with van der Waals surface area (Å²) in [7, 11) is 0. The van der Waals surface area contributed by atoms with E-state index in [-0.39, 0.29) is 18.6 Å². The number of hydrogen-bond donors (Lipinski definition) is 2. The molecule has 9 nitrogen and oxygen atoms in total. The van der Waals surface area contributed by atoms with Gasteiger partial charge in [-0.1, -0.05) is 13.8 Å². The highest BCUT2D eigenvalue weighted by Gasteiger charge is 2.45. The topological polar surface area (TPSA) is 108 Å². The van der Waals surface area contributed by atoms with Crippen LogP contribution in [0, 0.1) is 0 Å². The summed E-state index contributed by atoms with van der Waals surface area (Å²) < 4.78 is 6.95. The Labute approximate surface area is 239 Å². The second kappa shape index (κ2) is 9.93. The van der Waals surface area contributed by atoms with Crippen molar-refractivity contribution in [3.63, 3.8) is 0 Å². The molecule has 2 saturated heterocycles. The fraction of sp³-hybridized carbons (Fsp3) is 0.531. The van der Waals surface area contributed by atoms with Crippen molar-refractivity contribution in [3.05, 3.63) is 55.9 Å². The van der Waals surface area contributed by atoms with Gasteiger partial charge in [0.1, 0.15) is 12.4 Å². The molecule has 0 amide bonds. The van der Waals surface area contributed by atoms with Gasteiger partial charge in [-0.05, 0) is 82.4 Å². The van der Waals surface area contributed by atoms with Crippen molar-refractivity contribution in [2.24, 2.45) is 0 Å². The molecule has 0 saturated carbocycles. The number of aliphatic hydroxyl groups is 1. The summed E-state index contributed by atoms with van der Waals surface area (Å²) in [5, 5.41) is 24.0. The van der Waals surface area contributed by atoms with Gasteiger partial charge in [0.2, 0.25) is 0 Å². The molecule has 0 radical (unpaired) electrons. The number of aromatic hydroxyl groups is 1. The molecule has 0 aliphatic carbocycles. The third-order valence-electron chi connectivity index (χ3n) is 9.77. The predicted octanol–water partition coefficient (Wildman–Crippen LogP) is 3.54. The molecular formula is C32H38N4O5. The zero-order valence-corrected chi connectivity index (χ0v) is 24.0. The quantitative estimate of drug-likeness (QED) is 0.346. The molecule has 0 bridgehead atoms. The molecule has 3 aromatic rings. The van der Waals surface area contributed by atoms with Crippen LogP contribution < -0.4 is 5.56 Å². The average Bonchev–Trinajstić information content (AvgIpc) is 3.75. The SMILES string of the molecule is CCc1c2c(nc3cc(CN4CCCC4)c(O)c(CN4CCCC4)c13)-c1cc3c(c(=O)n1C2)COC(=O)[C@]3(O)CC. The minimum absolute atomic E-state index is 0.110. The Kier molecular flexibility index (Phi) is 6.44. The monoisotopic (exact) mass is 558 g/mol. The van der Waals surface area contributed by atoms with Crippen molar-refractivity contribution in [1.82, 2.24) is 19.4 Å². The van der Waals surface area contributed by atoms with Gasteiger partial charge in [0.15, 0.2) is 5.60 Å². The fourth-order valence-corrected chi connectivity index (χ4v) is 7.48. The van der Waals surface area contributed by atoms with Gasteiger partial charge in [-0.15, -0.1) is 0 Å². The summed E-state index contributed by atoms with van der Waals surface area (Å²) in [6, 6.07) is 3.82. The Morgan fingerprint density at radius 1 is 0.951 bits per heavy atom. The molecule has 0 unspecified atom stereocenters. The Balaban J connectivity index is 1.45. The van der Waals surface area contributed by atoms with Gasteiger partial charge in [-0.3, -0.25) is 14.6 Å². The standard InChI is InChI=1S/C32H38N4O5/c1-3-20-21-17-36-26(14-24-23(30(36)38)18-41-31(39)32(24,40)4-2)28(21)33-25-13-19(15-34-9-5-6-10-34)29(37)22(27(20)25)16-35-11-7-8-12-35/h13-14,37,40H,3-12,15-18H2,1-2H3/t32-/m0/s1. The van der Waals surface area contributed by atoms with Crippen molar-refractivity contribution >= 4 is 16.9 Å². The van der Waals surface area contributed by atoms with Crippen LogP contribution in [0.3, 0.4) is 0 Å². The molecule has 216 valence electrons. The van der Waals surface area contributed by atoms with E-state index >= 15 is 0 Å². The third kappa shape index (κ3) is 4.04. The molecule has 0 spiro atoms.